The third-order valence-corrected chi connectivity index (χ3v) is 3.17. The molecule has 0 atom stereocenters. The molecule has 1 aromatic rings. The van der Waals surface area contributed by atoms with Gasteiger partial charge in [-0.05, 0) is 30.9 Å². The molecule has 96 valence electrons. The highest BCUT2D eigenvalue weighted by atomic mass is 14.9. The molecule has 0 unspecified atom stereocenters. The van der Waals surface area contributed by atoms with Crippen LogP contribution in [0.2, 0.25) is 0 Å². The lowest BCUT2D eigenvalue weighted by Crippen LogP contribution is -2.02. The van der Waals surface area contributed by atoms with E-state index >= 15 is 0 Å². The van der Waals surface area contributed by atoms with E-state index in [-0.39, 0.29) is 0 Å². The fourth-order valence-corrected chi connectivity index (χ4v) is 2.03. The number of rotatable bonds is 8. The van der Waals surface area contributed by atoms with E-state index in [2.05, 4.69) is 50.4 Å². The number of aryl methyl sites for hydroxylation is 1. The van der Waals surface area contributed by atoms with Crippen LogP contribution in [-0.2, 0) is 0 Å². The number of unbranched alkanes of at least 4 members (excludes halogenated alkanes) is 3. The fourth-order valence-electron chi connectivity index (χ4n) is 2.03. The molecule has 17 heavy (non-hydrogen) atoms. The van der Waals surface area contributed by atoms with Gasteiger partial charge in [0.25, 0.3) is 0 Å². The maximum Gasteiger partial charge on any atom is 0.0369 e. The van der Waals surface area contributed by atoms with Crippen molar-refractivity contribution in [1.82, 2.24) is 0 Å². The fraction of sp³-hybridized carbons (Fsp3) is 0.625. The highest BCUT2D eigenvalue weighted by Crippen LogP contribution is 2.14. The molecule has 0 bridgehead atoms. The molecule has 1 N–H and O–H groups in total. The quantitative estimate of drug-likeness (QED) is 0.622. The van der Waals surface area contributed by atoms with Gasteiger partial charge in [0.1, 0.15) is 0 Å². The summed E-state index contributed by atoms with van der Waals surface area (Å²) in [6.07, 6.45) is 6.79. The Balaban J connectivity index is 2.03. The Bertz CT molecular complexity index is 304. The van der Waals surface area contributed by atoms with Crippen LogP contribution >= 0.6 is 0 Å². The second kappa shape index (κ2) is 8.16. The van der Waals surface area contributed by atoms with Gasteiger partial charge in [0.15, 0.2) is 0 Å². The number of nitrogens with one attached hydrogen (secondary N) is 1. The van der Waals surface area contributed by atoms with Gasteiger partial charge in [-0.15, -0.1) is 0 Å². The van der Waals surface area contributed by atoms with Gasteiger partial charge < -0.3 is 5.32 Å². The summed E-state index contributed by atoms with van der Waals surface area (Å²) in [5.74, 6) is 0.861. The van der Waals surface area contributed by atoms with Crippen LogP contribution in [-0.4, -0.2) is 6.54 Å². The Morgan fingerprint density at radius 3 is 2.41 bits per heavy atom. The first-order valence-electron chi connectivity index (χ1n) is 6.99. The lowest BCUT2D eigenvalue weighted by Gasteiger charge is -2.09. The topological polar surface area (TPSA) is 12.0 Å². The van der Waals surface area contributed by atoms with Gasteiger partial charge in [-0.1, -0.05) is 57.7 Å². The molecule has 0 aliphatic heterocycles. The third-order valence-electron chi connectivity index (χ3n) is 3.17. The zero-order chi connectivity index (χ0) is 12.5. The summed E-state index contributed by atoms with van der Waals surface area (Å²) in [4.78, 5) is 0. The van der Waals surface area contributed by atoms with Crippen LogP contribution in [0.3, 0.4) is 0 Å². The maximum atomic E-state index is 3.51. The summed E-state index contributed by atoms with van der Waals surface area (Å²) < 4.78 is 0. The van der Waals surface area contributed by atoms with Crippen molar-refractivity contribution < 1.29 is 0 Å². The summed E-state index contributed by atoms with van der Waals surface area (Å²) in [7, 11) is 0. The van der Waals surface area contributed by atoms with Gasteiger partial charge in [-0.25, -0.2) is 0 Å². The standard InChI is InChI=1S/C16H27N/c1-14(2)10-6-4-5-9-13-17-16-12-8-7-11-15(16)3/h7-8,11-12,14,17H,4-6,9-10,13H2,1-3H3. The molecule has 0 aliphatic rings. The van der Waals surface area contributed by atoms with Crippen LogP contribution in [0.25, 0.3) is 0 Å². The summed E-state index contributed by atoms with van der Waals surface area (Å²) in [5, 5.41) is 3.51. The predicted molar refractivity (Wildman–Crippen MR) is 77.6 cm³/mol. The van der Waals surface area contributed by atoms with E-state index in [0.29, 0.717) is 0 Å². The van der Waals surface area contributed by atoms with Crippen molar-refractivity contribution in [2.45, 2.75) is 52.9 Å². The van der Waals surface area contributed by atoms with Crippen molar-refractivity contribution in [1.29, 1.82) is 0 Å². The SMILES string of the molecule is Cc1ccccc1NCCCCCCC(C)C. The van der Waals surface area contributed by atoms with Crippen molar-refractivity contribution in [3.8, 4) is 0 Å². The van der Waals surface area contributed by atoms with Crippen LogP contribution in [0.4, 0.5) is 5.69 Å². The maximum absolute atomic E-state index is 3.51. The molecule has 0 spiro atoms. The first kappa shape index (κ1) is 14.1. The Morgan fingerprint density at radius 2 is 1.71 bits per heavy atom. The molecule has 1 aromatic carbocycles. The molecule has 1 nitrogen and oxygen atoms in total. The highest BCUT2D eigenvalue weighted by molar-refractivity contribution is 5.49. The monoisotopic (exact) mass is 233 g/mol. The highest BCUT2D eigenvalue weighted by Gasteiger charge is 1.96. The predicted octanol–water partition coefficient (Wildman–Crippen LogP) is 5.01. The summed E-state index contributed by atoms with van der Waals surface area (Å²) in [5.41, 5.74) is 2.63. The van der Waals surface area contributed by atoms with Gasteiger partial charge in [0.05, 0.1) is 0 Å². The third kappa shape index (κ3) is 6.35. The Kier molecular flexibility index (Phi) is 6.76. The Labute approximate surface area is 107 Å². The normalized spacial score (nSPS) is 10.8. The largest absolute Gasteiger partial charge is 0.385 e. The van der Waals surface area contributed by atoms with E-state index in [1.165, 1.54) is 43.4 Å². The minimum Gasteiger partial charge on any atom is -0.385 e. The molecule has 1 rings (SSSR count). The van der Waals surface area contributed by atoms with E-state index in [4.69, 9.17) is 0 Å². The van der Waals surface area contributed by atoms with Gasteiger partial charge in [-0.3, -0.25) is 0 Å². The first-order chi connectivity index (χ1) is 8.20. The van der Waals surface area contributed by atoms with Gasteiger partial charge >= 0.3 is 0 Å². The molecule has 0 aromatic heterocycles. The average Bonchev–Trinajstić information content (AvgIpc) is 2.30. The number of hydrogen-bond donors (Lipinski definition) is 1. The van der Waals surface area contributed by atoms with Crippen LogP contribution in [0.1, 0.15) is 51.5 Å². The van der Waals surface area contributed by atoms with Gasteiger partial charge in [0.2, 0.25) is 0 Å². The smallest absolute Gasteiger partial charge is 0.0369 e. The van der Waals surface area contributed by atoms with Crippen molar-refractivity contribution in [3.63, 3.8) is 0 Å². The molecule has 0 amide bonds. The molecule has 0 heterocycles. The summed E-state index contributed by atoms with van der Waals surface area (Å²) in [6.45, 7) is 7.87. The molecular formula is C16H27N. The molecular weight excluding hydrogens is 206 g/mol. The van der Waals surface area contributed by atoms with E-state index in [1.807, 2.05) is 0 Å². The molecule has 0 saturated heterocycles. The molecule has 0 aliphatic carbocycles. The Morgan fingerprint density at radius 1 is 1.00 bits per heavy atom. The lowest BCUT2D eigenvalue weighted by molar-refractivity contribution is 0.523. The molecule has 1 heteroatoms. The van der Waals surface area contributed by atoms with Gasteiger partial charge in [-0.2, -0.15) is 0 Å². The molecule has 0 saturated carbocycles. The number of benzene rings is 1. The zero-order valence-corrected chi connectivity index (χ0v) is 11.6. The second-order valence-corrected chi connectivity index (χ2v) is 5.34. The average molecular weight is 233 g/mol. The van der Waals surface area contributed by atoms with Crippen LogP contribution in [0, 0.1) is 12.8 Å². The van der Waals surface area contributed by atoms with E-state index in [0.717, 1.165) is 12.5 Å². The summed E-state index contributed by atoms with van der Waals surface area (Å²) >= 11 is 0. The summed E-state index contributed by atoms with van der Waals surface area (Å²) in [6, 6.07) is 8.50. The minimum absolute atomic E-state index is 0.861. The van der Waals surface area contributed by atoms with Crippen LogP contribution in [0.5, 0.6) is 0 Å². The van der Waals surface area contributed by atoms with Crippen molar-refractivity contribution >= 4 is 5.69 Å². The van der Waals surface area contributed by atoms with Gasteiger partial charge in [0, 0.05) is 12.2 Å². The minimum atomic E-state index is 0.861. The van der Waals surface area contributed by atoms with E-state index in [9.17, 15) is 0 Å². The molecule has 0 radical (unpaired) electrons. The number of hydrogen-bond acceptors (Lipinski definition) is 1. The zero-order valence-electron chi connectivity index (χ0n) is 11.6. The Hall–Kier alpha value is -0.980. The molecule has 0 fully saturated rings. The second-order valence-electron chi connectivity index (χ2n) is 5.34. The van der Waals surface area contributed by atoms with Crippen molar-refractivity contribution in [2.75, 3.05) is 11.9 Å². The number of para-hydroxylation sites is 1. The first-order valence-corrected chi connectivity index (χ1v) is 6.99. The van der Waals surface area contributed by atoms with Crippen molar-refractivity contribution in [2.24, 2.45) is 5.92 Å². The van der Waals surface area contributed by atoms with E-state index < -0.39 is 0 Å². The van der Waals surface area contributed by atoms with Crippen molar-refractivity contribution in [3.05, 3.63) is 29.8 Å². The van der Waals surface area contributed by atoms with Crippen LogP contribution in [0.15, 0.2) is 24.3 Å². The van der Waals surface area contributed by atoms with Crippen LogP contribution < -0.4 is 5.32 Å². The van der Waals surface area contributed by atoms with E-state index in [1.54, 1.807) is 0 Å². The lowest BCUT2D eigenvalue weighted by atomic mass is 10.0. The number of anilines is 1.